The molecule has 7 nitrogen and oxygen atoms in total. The smallest absolute Gasteiger partial charge is 0.346 e. The molecule has 3 aromatic rings. The van der Waals surface area contributed by atoms with Crippen molar-refractivity contribution in [1.82, 2.24) is 20.3 Å². The molecule has 3 rings (SSSR count). The Morgan fingerprint density at radius 2 is 2.04 bits per heavy atom. The summed E-state index contributed by atoms with van der Waals surface area (Å²) in [7, 11) is 1.58. The Balaban J connectivity index is 1.86. The normalized spacial score (nSPS) is 12.0. The van der Waals surface area contributed by atoms with Crippen molar-refractivity contribution in [3.05, 3.63) is 63.1 Å². The summed E-state index contributed by atoms with van der Waals surface area (Å²) < 4.78 is 5.14. The van der Waals surface area contributed by atoms with Crippen LogP contribution in [0.1, 0.15) is 41.8 Å². The van der Waals surface area contributed by atoms with Gasteiger partial charge < -0.3 is 15.0 Å². The van der Waals surface area contributed by atoms with Crippen molar-refractivity contribution in [3.63, 3.8) is 0 Å². The van der Waals surface area contributed by atoms with Gasteiger partial charge in [-0.25, -0.2) is 9.78 Å². The summed E-state index contributed by atoms with van der Waals surface area (Å²) in [5, 5.41) is 5.70. The Morgan fingerprint density at radius 1 is 1.29 bits per heavy atom. The van der Waals surface area contributed by atoms with E-state index in [0.29, 0.717) is 17.4 Å². The molecule has 0 saturated carbocycles. The molecule has 1 amide bonds. The number of amides is 1. The number of thiazole rings is 1. The van der Waals surface area contributed by atoms with E-state index in [-0.39, 0.29) is 17.6 Å². The lowest BCUT2D eigenvalue weighted by molar-refractivity contribution is 0.0926. The molecular formula is C20H22N4O3S. The minimum absolute atomic E-state index is 0.163. The standard InChI is InChI=1S/C20H22N4O3S/c1-12(2)10-17(19-21-8-9-28-19)22-18(25)16-11-15(23-20(26)24-16)13-4-6-14(27-3)7-5-13/h4-9,11-12,17H,10H2,1-3H3,(H,22,25)(H,23,24,26). The summed E-state index contributed by atoms with van der Waals surface area (Å²) >= 11 is 1.49. The maximum atomic E-state index is 12.8. The van der Waals surface area contributed by atoms with Gasteiger partial charge in [0.05, 0.1) is 18.8 Å². The fraction of sp³-hybridized carbons (Fsp3) is 0.300. The van der Waals surface area contributed by atoms with E-state index in [4.69, 9.17) is 4.74 Å². The first-order valence-electron chi connectivity index (χ1n) is 8.92. The molecule has 28 heavy (non-hydrogen) atoms. The Labute approximate surface area is 166 Å². The van der Waals surface area contributed by atoms with Crippen molar-refractivity contribution in [3.8, 4) is 17.0 Å². The fourth-order valence-electron chi connectivity index (χ4n) is 2.83. The third-order valence-corrected chi connectivity index (χ3v) is 5.03. The highest BCUT2D eigenvalue weighted by molar-refractivity contribution is 7.09. The average molecular weight is 398 g/mol. The maximum Gasteiger partial charge on any atom is 0.346 e. The molecule has 146 valence electrons. The first-order chi connectivity index (χ1) is 13.5. The first kappa shape index (κ1) is 19.8. The SMILES string of the molecule is COc1ccc(-c2cc(C(=O)NC(CC(C)C)c3nccs3)[nH]c(=O)n2)cc1. The van der Waals surface area contributed by atoms with Crippen LogP contribution in [0.4, 0.5) is 0 Å². The van der Waals surface area contributed by atoms with Crippen LogP contribution in [0.25, 0.3) is 11.3 Å². The van der Waals surface area contributed by atoms with E-state index in [1.165, 1.54) is 11.3 Å². The van der Waals surface area contributed by atoms with E-state index in [1.54, 1.807) is 43.6 Å². The van der Waals surface area contributed by atoms with Gasteiger partial charge in [0.15, 0.2) is 0 Å². The quantitative estimate of drug-likeness (QED) is 0.636. The minimum atomic E-state index is -0.576. The first-order valence-corrected chi connectivity index (χ1v) is 9.80. The Bertz CT molecular complexity index is 981. The van der Waals surface area contributed by atoms with Crippen LogP contribution in [0.2, 0.25) is 0 Å². The fourth-order valence-corrected chi connectivity index (χ4v) is 3.53. The summed E-state index contributed by atoms with van der Waals surface area (Å²) in [5.41, 5.74) is 0.732. The maximum absolute atomic E-state index is 12.8. The number of hydrogen-bond donors (Lipinski definition) is 2. The summed E-state index contributed by atoms with van der Waals surface area (Å²) in [4.78, 5) is 35.7. The van der Waals surface area contributed by atoms with Crippen LogP contribution in [-0.2, 0) is 0 Å². The molecule has 2 aromatic heterocycles. The van der Waals surface area contributed by atoms with Crippen molar-refractivity contribution in [1.29, 1.82) is 0 Å². The van der Waals surface area contributed by atoms with Crippen molar-refractivity contribution in [2.75, 3.05) is 7.11 Å². The van der Waals surface area contributed by atoms with E-state index in [2.05, 4.69) is 34.1 Å². The highest BCUT2D eigenvalue weighted by Crippen LogP contribution is 2.24. The molecule has 0 aliphatic heterocycles. The van der Waals surface area contributed by atoms with Crippen LogP contribution in [-0.4, -0.2) is 28.0 Å². The predicted molar refractivity (Wildman–Crippen MR) is 109 cm³/mol. The van der Waals surface area contributed by atoms with Crippen LogP contribution < -0.4 is 15.7 Å². The summed E-state index contributed by atoms with van der Waals surface area (Å²) in [5.74, 6) is 0.710. The van der Waals surface area contributed by atoms with Gasteiger partial charge in [0.25, 0.3) is 5.91 Å². The number of nitrogens with zero attached hydrogens (tertiary/aromatic N) is 2. The molecule has 0 spiro atoms. The summed E-state index contributed by atoms with van der Waals surface area (Å²) in [6.45, 7) is 4.17. The van der Waals surface area contributed by atoms with E-state index >= 15 is 0 Å². The van der Waals surface area contributed by atoms with Gasteiger partial charge in [0, 0.05) is 17.1 Å². The number of aromatic nitrogens is 3. The Hall–Kier alpha value is -3.00. The van der Waals surface area contributed by atoms with Crippen LogP contribution >= 0.6 is 11.3 Å². The lowest BCUT2D eigenvalue weighted by Crippen LogP contribution is -2.31. The number of benzene rings is 1. The van der Waals surface area contributed by atoms with Gasteiger partial charge in [-0.05, 0) is 42.7 Å². The molecule has 2 heterocycles. The van der Waals surface area contributed by atoms with Crippen LogP contribution in [0.3, 0.4) is 0 Å². The number of rotatable bonds is 7. The number of ether oxygens (including phenoxy) is 1. The molecule has 2 N–H and O–H groups in total. The van der Waals surface area contributed by atoms with E-state index in [1.807, 2.05) is 5.38 Å². The van der Waals surface area contributed by atoms with Crippen molar-refractivity contribution < 1.29 is 9.53 Å². The Kier molecular flexibility index (Phi) is 6.20. The molecule has 8 heteroatoms. The predicted octanol–water partition coefficient (Wildman–Crippen LogP) is 3.42. The average Bonchev–Trinajstić information content (AvgIpc) is 3.21. The van der Waals surface area contributed by atoms with Gasteiger partial charge in [-0.2, -0.15) is 4.98 Å². The minimum Gasteiger partial charge on any atom is -0.497 e. The molecule has 1 unspecified atom stereocenters. The molecule has 0 fully saturated rings. The molecule has 0 radical (unpaired) electrons. The highest BCUT2D eigenvalue weighted by Gasteiger charge is 2.20. The van der Waals surface area contributed by atoms with Gasteiger partial charge in [0.1, 0.15) is 16.5 Å². The van der Waals surface area contributed by atoms with Crippen molar-refractivity contribution >= 4 is 17.2 Å². The number of hydrogen-bond acceptors (Lipinski definition) is 6. The monoisotopic (exact) mass is 398 g/mol. The van der Waals surface area contributed by atoms with Gasteiger partial charge in [-0.15, -0.1) is 11.3 Å². The van der Waals surface area contributed by atoms with Crippen LogP contribution in [0, 0.1) is 5.92 Å². The Morgan fingerprint density at radius 3 is 2.64 bits per heavy atom. The largest absolute Gasteiger partial charge is 0.497 e. The zero-order valence-corrected chi connectivity index (χ0v) is 16.7. The molecule has 1 atom stereocenters. The molecule has 0 aliphatic rings. The third kappa shape index (κ3) is 4.83. The second-order valence-electron chi connectivity index (χ2n) is 6.74. The lowest BCUT2D eigenvalue weighted by Gasteiger charge is -2.18. The van der Waals surface area contributed by atoms with Gasteiger partial charge in [0.2, 0.25) is 0 Å². The topological polar surface area (TPSA) is 97.0 Å². The van der Waals surface area contributed by atoms with E-state index in [0.717, 1.165) is 17.0 Å². The summed E-state index contributed by atoms with van der Waals surface area (Å²) in [6, 6.07) is 8.50. The number of methoxy groups -OCH3 is 1. The number of carbonyl (C=O) groups is 1. The molecule has 0 bridgehead atoms. The number of carbonyl (C=O) groups excluding carboxylic acids is 1. The lowest BCUT2D eigenvalue weighted by atomic mass is 10.0. The highest BCUT2D eigenvalue weighted by atomic mass is 32.1. The van der Waals surface area contributed by atoms with Crippen molar-refractivity contribution in [2.45, 2.75) is 26.3 Å². The summed E-state index contributed by atoms with van der Waals surface area (Å²) in [6.07, 6.45) is 2.47. The van der Waals surface area contributed by atoms with Gasteiger partial charge in [-0.1, -0.05) is 13.8 Å². The number of H-pyrrole nitrogens is 1. The van der Waals surface area contributed by atoms with Crippen LogP contribution in [0.5, 0.6) is 5.75 Å². The molecular weight excluding hydrogens is 376 g/mol. The molecule has 1 aromatic carbocycles. The van der Waals surface area contributed by atoms with Gasteiger partial charge >= 0.3 is 5.69 Å². The number of aromatic amines is 1. The zero-order chi connectivity index (χ0) is 20.1. The second kappa shape index (κ2) is 8.79. The molecule has 0 aliphatic carbocycles. The third-order valence-electron chi connectivity index (χ3n) is 4.14. The zero-order valence-electron chi connectivity index (χ0n) is 15.9. The second-order valence-corrected chi connectivity index (χ2v) is 7.67. The van der Waals surface area contributed by atoms with E-state index in [9.17, 15) is 9.59 Å². The number of nitrogens with one attached hydrogen (secondary N) is 2. The molecule has 0 saturated heterocycles. The van der Waals surface area contributed by atoms with Crippen molar-refractivity contribution in [2.24, 2.45) is 5.92 Å². The van der Waals surface area contributed by atoms with Crippen LogP contribution in [0.15, 0.2) is 46.7 Å². The van der Waals surface area contributed by atoms with E-state index < -0.39 is 5.69 Å². The van der Waals surface area contributed by atoms with Gasteiger partial charge in [-0.3, -0.25) is 4.79 Å².